The van der Waals surface area contributed by atoms with Gasteiger partial charge in [-0.2, -0.15) is 0 Å². The molecule has 1 saturated carbocycles. The van der Waals surface area contributed by atoms with E-state index in [1.165, 1.54) is 5.56 Å². The molecule has 3 aromatic carbocycles. The Morgan fingerprint density at radius 1 is 0.803 bits per heavy atom. The summed E-state index contributed by atoms with van der Waals surface area (Å²) in [5.74, 6) is 1.58. The van der Waals surface area contributed by atoms with Crippen molar-refractivity contribution in [2.75, 3.05) is 44.6 Å². The number of ether oxygens (including phenoxy) is 1. The van der Waals surface area contributed by atoms with E-state index in [2.05, 4.69) is 59.7 Å². The van der Waals surface area contributed by atoms with Crippen LogP contribution in [0.2, 0.25) is 0 Å². The molecule has 0 bridgehead atoms. The van der Waals surface area contributed by atoms with Gasteiger partial charge in [-0.15, -0.1) is 0 Å². The molecule has 3 saturated heterocycles. The van der Waals surface area contributed by atoms with Crippen molar-refractivity contribution in [3.63, 3.8) is 0 Å². The summed E-state index contributed by atoms with van der Waals surface area (Å²) < 4.78 is 7.92. The first-order valence-electron chi connectivity index (χ1n) is 21.8. The maximum Gasteiger partial charge on any atom is 0.260 e. The fraction of sp³-hybridized carbons (Fsp3) is 0.426. The maximum absolute atomic E-state index is 13.0. The molecule has 14 heteroatoms. The Bertz CT molecular complexity index is 2330. The van der Waals surface area contributed by atoms with Crippen LogP contribution in [-0.2, 0) is 25.6 Å². The standard InChI is InChI=1S/C47H53N9O5/c57-41-15-14-40(47(60)53-41)35-8-12-39(13-9-35)61-28-43(59)55-22-16-32(17-23-55)27-54-20-18-34(19-21-54)33-6-10-36(11-7-33)52-45-44-46(49-29-48-45)56(30-50-44)38-25-37(26-38)51-42(58)24-31-4-2-1-3-5-31/h1-13,29-30,32,34,37-38,40H,14-28H2,(H,51,58)(H,48,49,52)(H,53,57,60)/t37?,38?,40-/m0/s1. The average Bonchev–Trinajstić information content (AvgIpc) is 3.70. The van der Waals surface area contributed by atoms with Crippen molar-refractivity contribution in [1.29, 1.82) is 0 Å². The lowest BCUT2D eigenvalue weighted by Crippen LogP contribution is -2.45. The van der Waals surface area contributed by atoms with Crippen LogP contribution >= 0.6 is 0 Å². The van der Waals surface area contributed by atoms with E-state index in [1.807, 2.05) is 53.7 Å². The Hall–Kier alpha value is -6.15. The van der Waals surface area contributed by atoms with Crippen molar-refractivity contribution in [3.8, 4) is 5.75 Å². The number of hydrogen-bond donors (Lipinski definition) is 3. The van der Waals surface area contributed by atoms with Crippen molar-refractivity contribution >= 4 is 46.3 Å². The summed E-state index contributed by atoms with van der Waals surface area (Å²) in [6, 6.07) is 26.1. The molecular weight excluding hydrogens is 771 g/mol. The van der Waals surface area contributed by atoms with Gasteiger partial charge in [-0.05, 0) is 111 Å². The zero-order valence-electron chi connectivity index (χ0n) is 34.4. The highest BCUT2D eigenvalue weighted by Crippen LogP contribution is 2.36. The van der Waals surface area contributed by atoms with E-state index in [0.29, 0.717) is 42.7 Å². The molecule has 3 aliphatic heterocycles. The Balaban J connectivity index is 0.684. The number of piperidine rings is 3. The molecule has 4 fully saturated rings. The van der Waals surface area contributed by atoms with Crippen molar-refractivity contribution in [3.05, 3.63) is 108 Å². The second-order valence-corrected chi connectivity index (χ2v) is 17.1. The highest BCUT2D eigenvalue weighted by atomic mass is 16.5. The molecule has 4 aliphatic rings. The van der Waals surface area contributed by atoms with E-state index in [-0.39, 0.29) is 48.2 Å². The Morgan fingerprint density at radius 2 is 1.54 bits per heavy atom. The van der Waals surface area contributed by atoms with E-state index in [4.69, 9.17) is 9.72 Å². The minimum atomic E-state index is -0.340. The van der Waals surface area contributed by atoms with E-state index in [0.717, 1.165) is 99.2 Å². The van der Waals surface area contributed by atoms with Crippen LogP contribution in [0.25, 0.3) is 11.2 Å². The summed E-state index contributed by atoms with van der Waals surface area (Å²) in [6.45, 7) is 4.71. The Morgan fingerprint density at radius 3 is 2.28 bits per heavy atom. The molecule has 5 heterocycles. The van der Waals surface area contributed by atoms with Gasteiger partial charge in [-0.1, -0.05) is 54.6 Å². The van der Waals surface area contributed by atoms with Crippen LogP contribution in [0.1, 0.15) is 85.9 Å². The number of aromatic nitrogens is 4. The molecule has 1 aliphatic carbocycles. The molecule has 0 radical (unpaired) electrons. The summed E-state index contributed by atoms with van der Waals surface area (Å²) in [4.78, 5) is 67.5. The quantitative estimate of drug-likeness (QED) is 0.127. The zero-order chi connectivity index (χ0) is 41.7. The third kappa shape index (κ3) is 9.59. The van der Waals surface area contributed by atoms with Crippen molar-refractivity contribution in [1.82, 2.24) is 40.0 Å². The predicted molar refractivity (Wildman–Crippen MR) is 230 cm³/mol. The first kappa shape index (κ1) is 40.3. The van der Waals surface area contributed by atoms with E-state index in [9.17, 15) is 19.2 Å². The molecule has 4 amide bonds. The number of carbonyl (C=O) groups is 4. The van der Waals surface area contributed by atoms with Crippen molar-refractivity contribution in [2.45, 2.75) is 81.7 Å². The summed E-state index contributed by atoms with van der Waals surface area (Å²) in [6.07, 6.45) is 10.6. The van der Waals surface area contributed by atoms with Gasteiger partial charge in [0.05, 0.1) is 18.7 Å². The van der Waals surface area contributed by atoms with Crippen LogP contribution in [-0.4, -0.2) is 98.3 Å². The number of amides is 4. The third-order valence-corrected chi connectivity index (χ3v) is 13.0. The summed E-state index contributed by atoms with van der Waals surface area (Å²) in [5.41, 5.74) is 5.69. The normalized spacial score (nSPS) is 21.4. The van der Waals surface area contributed by atoms with Gasteiger partial charge in [0.15, 0.2) is 23.6 Å². The van der Waals surface area contributed by atoms with Gasteiger partial charge in [0.25, 0.3) is 5.91 Å². The van der Waals surface area contributed by atoms with Gasteiger partial charge < -0.3 is 29.7 Å². The number of carbonyl (C=O) groups excluding carboxylic acids is 4. The maximum atomic E-state index is 13.0. The molecule has 0 spiro atoms. The lowest BCUT2D eigenvalue weighted by Gasteiger charge is -2.37. The fourth-order valence-electron chi connectivity index (χ4n) is 9.40. The number of rotatable bonds is 13. The summed E-state index contributed by atoms with van der Waals surface area (Å²) in [7, 11) is 0. The molecule has 5 aromatic rings. The van der Waals surface area contributed by atoms with Crippen LogP contribution in [0, 0.1) is 5.92 Å². The minimum absolute atomic E-state index is 0.00261. The molecule has 1 atom stereocenters. The molecule has 14 nitrogen and oxygen atoms in total. The number of nitrogens with zero attached hydrogens (tertiary/aromatic N) is 6. The first-order chi connectivity index (χ1) is 29.8. The highest BCUT2D eigenvalue weighted by Gasteiger charge is 2.33. The third-order valence-electron chi connectivity index (χ3n) is 13.0. The first-order valence-corrected chi connectivity index (χ1v) is 21.8. The van der Waals surface area contributed by atoms with Gasteiger partial charge in [0, 0.05) is 43.8 Å². The molecule has 0 unspecified atom stereocenters. The van der Waals surface area contributed by atoms with Gasteiger partial charge in [0.2, 0.25) is 17.7 Å². The molecule has 2 aromatic heterocycles. The zero-order valence-corrected chi connectivity index (χ0v) is 34.4. The number of fused-ring (bicyclic) bond motifs is 1. The van der Waals surface area contributed by atoms with Crippen LogP contribution in [0.15, 0.2) is 91.5 Å². The number of benzene rings is 3. The number of imidazole rings is 1. The molecule has 316 valence electrons. The fourth-order valence-corrected chi connectivity index (χ4v) is 9.40. The van der Waals surface area contributed by atoms with Crippen LogP contribution in [0.4, 0.5) is 11.5 Å². The highest BCUT2D eigenvalue weighted by molar-refractivity contribution is 6.01. The molecular formula is C47H53N9O5. The monoisotopic (exact) mass is 823 g/mol. The van der Waals surface area contributed by atoms with Gasteiger partial charge in [-0.3, -0.25) is 24.5 Å². The van der Waals surface area contributed by atoms with Gasteiger partial charge in [-0.25, -0.2) is 15.0 Å². The number of anilines is 2. The smallest absolute Gasteiger partial charge is 0.260 e. The van der Waals surface area contributed by atoms with E-state index >= 15 is 0 Å². The average molecular weight is 824 g/mol. The number of hydrogen-bond acceptors (Lipinski definition) is 10. The van der Waals surface area contributed by atoms with Crippen molar-refractivity contribution < 1.29 is 23.9 Å². The summed E-state index contributed by atoms with van der Waals surface area (Å²) >= 11 is 0. The minimum Gasteiger partial charge on any atom is -0.484 e. The topological polar surface area (TPSA) is 164 Å². The second-order valence-electron chi connectivity index (χ2n) is 17.1. The van der Waals surface area contributed by atoms with Gasteiger partial charge >= 0.3 is 0 Å². The van der Waals surface area contributed by atoms with E-state index < -0.39 is 0 Å². The van der Waals surface area contributed by atoms with Crippen LogP contribution < -0.4 is 20.7 Å². The number of nitrogens with one attached hydrogen (secondary N) is 3. The molecule has 3 N–H and O–H groups in total. The van der Waals surface area contributed by atoms with Gasteiger partial charge in [0.1, 0.15) is 12.1 Å². The van der Waals surface area contributed by atoms with Crippen molar-refractivity contribution in [2.24, 2.45) is 5.92 Å². The lowest BCUT2D eigenvalue weighted by molar-refractivity contribution is -0.135. The largest absolute Gasteiger partial charge is 0.484 e. The second kappa shape index (κ2) is 18.2. The summed E-state index contributed by atoms with van der Waals surface area (Å²) in [5, 5.41) is 9.04. The number of likely N-dealkylation sites (tertiary alicyclic amines) is 2. The predicted octanol–water partition coefficient (Wildman–Crippen LogP) is 5.65. The number of imide groups is 1. The SMILES string of the molecule is O=C1CC[C@@H](c2ccc(OCC(=O)N3CCC(CN4CCC(c5ccc(Nc6ncnc7c6ncn7C6CC(NC(=O)Cc7ccccc7)C6)cc5)CC4)CC3)cc2)C(=O)N1. The molecule has 61 heavy (non-hydrogen) atoms. The Labute approximate surface area is 355 Å². The lowest BCUT2D eigenvalue weighted by atomic mass is 9.86. The van der Waals surface area contributed by atoms with E-state index in [1.54, 1.807) is 18.5 Å². The van der Waals surface area contributed by atoms with Crippen LogP contribution in [0.5, 0.6) is 5.75 Å². The Kier molecular flexibility index (Phi) is 12.0. The molecule has 9 rings (SSSR count). The van der Waals surface area contributed by atoms with Crippen LogP contribution in [0.3, 0.4) is 0 Å².